The highest BCUT2D eigenvalue weighted by molar-refractivity contribution is 7.89. The minimum Gasteiger partial charge on any atom is -0.349 e. The summed E-state index contributed by atoms with van der Waals surface area (Å²) in [6, 6.07) is 13.1. The summed E-state index contributed by atoms with van der Waals surface area (Å²) in [6.07, 6.45) is 2.01. The van der Waals surface area contributed by atoms with E-state index in [0.29, 0.717) is 10.6 Å². The normalized spacial score (nSPS) is 14.4. The van der Waals surface area contributed by atoms with Gasteiger partial charge in [-0.2, -0.15) is 0 Å². The van der Waals surface area contributed by atoms with E-state index in [4.69, 9.17) is 11.6 Å². The molecule has 5 nitrogen and oxygen atoms in total. The summed E-state index contributed by atoms with van der Waals surface area (Å²) < 4.78 is 27.1. The zero-order valence-corrected chi connectivity index (χ0v) is 14.4. The molecule has 1 aliphatic rings. The number of amides is 1. The Bertz CT molecular complexity index is 829. The summed E-state index contributed by atoms with van der Waals surface area (Å²) in [4.78, 5) is 12.0. The third-order valence-electron chi connectivity index (χ3n) is 3.72. The zero-order valence-electron chi connectivity index (χ0n) is 12.8. The van der Waals surface area contributed by atoms with Crippen molar-refractivity contribution in [3.05, 3.63) is 64.7 Å². The van der Waals surface area contributed by atoms with Gasteiger partial charge in [-0.3, -0.25) is 4.79 Å². The van der Waals surface area contributed by atoms with Crippen molar-refractivity contribution in [3.8, 4) is 0 Å². The summed E-state index contributed by atoms with van der Waals surface area (Å²) in [5, 5.41) is 3.46. The molecule has 24 heavy (non-hydrogen) atoms. The van der Waals surface area contributed by atoms with E-state index in [0.717, 1.165) is 18.4 Å². The molecule has 0 saturated heterocycles. The molecule has 7 heteroatoms. The number of sulfonamides is 1. The van der Waals surface area contributed by atoms with Gasteiger partial charge >= 0.3 is 0 Å². The van der Waals surface area contributed by atoms with Crippen molar-refractivity contribution >= 4 is 27.5 Å². The molecule has 0 bridgehead atoms. The number of rotatable bonds is 6. The molecule has 126 valence electrons. The summed E-state index contributed by atoms with van der Waals surface area (Å²) in [5.74, 6) is -0.171. The van der Waals surface area contributed by atoms with E-state index in [2.05, 4.69) is 10.0 Å². The number of carbonyl (C=O) groups is 1. The standard InChI is InChI=1S/C17H17ClN2O3S/c18-14-5-1-12(2-6-14)11-19-24(22,23)16-9-3-13(4-10-16)17(21)20-15-7-8-15/h1-6,9-10,15,19H,7-8,11H2,(H,20,21). The first-order valence-electron chi connectivity index (χ1n) is 7.59. The number of benzene rings is 2. The van der Waals surface area contributed by atoms with Crippen LogP contribution in [0.3, 0.4) is 0 Å². The number of halogens is 1. The van der Waals surface area contributed by atoms with Gasteiger partial charge in [0.25, 0.3) is 5.91 Å². The predicted octanol–water partition coefficient (Wildman–Crippen LogP) is 2.71. The molecule has 0 unspecified atom stereocenters. The fraction of sp³-hybridized carbons (Fsp3) is 0.235. The minimum atomic E-state index is -3.64. The van der Waals surface area contributed by atoms with Gasteiger partial charge in [-0.05, 0) is 54.8 Å². The Morgan fingerprint density at radius 2 is 1.67 bits per heavy atom. The van der Waals surface area contributed by atoms with Crippen LogP contribution in [0.15, 0.2) is 53.4 Å². The molecule has 0 radical (unpaired) electrons. The lowest BCUT2D eigenvalue weighted by Crippen LogP contribution is -2.26. The fourth-order valence-corrected chi connectivity index (χ4v) is 3.29. The van der Waals surface area contributed by atoms with Gasteiger partial charge in [0, 0.05) is 23.2 Å². The highest BCUT2D eigenvalue weighted by Gasteiger charge is 2.24. The lowest BCUT2D eigenvalue weighted by Gasteiger charge is -2.08. The van der Waals surface area contributed by atoms with E-state index in [1.807, 2.05) is 0 Å². The van der Waals surface area contributed by atoms with E-state index < -0.39 is 10.0 Å². The summed E-state index contributed by atoms with van der Waals surface area (Å²) >= 11 is 5.80. The Kier molecular flexibility index (Phi) is 4.89. The molecule has 1 fully saturated rings. The van der Waals surface area contributed by atoms with Crippen molar-refractivity contribution in [1.29, 1.82) is 0 Å². The second-order valence-corrected chi connectivity index (χ2v) is 7.93. The van der Waals surface area contributed by atoms with Gasteiger partial charge in [0.2, 0.25) is 10.0 Å². The molecule has 0 atom stereocenters. The monoisotopic (exact) mass is 364 g/mol. The highest BCUT2D eigenvalue weighted by Crippen LogP contribution is 2.20. The van der Waals surface area contributed by atoms with Crippen LogP contribution in [0.4, 0.5) is 0 Å². The average molecular weight is 365 g/mol. The average Bonchev–Trinajstić information content (AvgIpc) is 3.38. The van der Waals surface area contributed by atoms with E-state index in [9.17, 15) is 13.2 Å². The first kappa shape index (κ1) is 17.0. The van der Waals surface area contributed by atoms with Crippen LogP contribution >= 0.6 is 11.6 Å². The van der Waals surface area contributed by atoms with Crippen LogP contribution in [0, 0.1) is 0 Å². The van der Waals surface area contributed by atoms with Crippen molar-refractivity contribution < 1.29 is 13.2 Å². The van der Waals surface area contributed by atoms with Crippen LogP contribution < -0.4 is 10.0 Å². The Hall–Kier alpha value is -1.89. The molecule has 2 N–H and O–H groups in total. The molecule has 1 aliphatic carbocycles. The summed E-state index contributed by atoms with van der Waals surface area (Å²) in [7, 11) is -3.64. The van der Waals surface area contributed by atoms with Crippen LogP contribution in [0.1, 0.15) is 28.8 Å². The molecule has 0 aromatic heterocycles. The Morgan fingerprint density at radius 1 is 1.04 bits per heavy atom. The van der Waals surface area contributed by atoms with Gasteiger partial charge in [0.05, 0.1) is 4.90 Å². The number of hydrogen-bond acceptors (Lipinski definition) is 3. The van der Waals surface area contributed by atoms with Gasteiger partial charge in [-0.25, -0.2) is 13.1 Å². The molecular formula is C17H17ClN2O3S. The van der Waals surface area contributed by atoms with Crippen molar-refractivity contribution in [3.63, 3.8) is 0 Å². The number of nitrogens with one attached hydrogen (secondary N) is 2. The SMILES string of the molecule is O=C(NC1CC1)c1ccc(S(=O)(=O)NCc2ccc(Cl)cc2)cc1. The third kappa shape index (κ3) is 4.35. The molecule has 0 aliphatic heterocycles. The number of carbonyl (C=O) groups excluding carboxylic acids is 1. The topological polar surface area (TPSA) is 75.3 Å². The maximum absolute atomic E-state index is 12.3. The van der Waals surface area contributed by atoms with Crippen LogP contribution in [-0.2, 0) is 16.6 Å². The maximum Gasteiger partial charge on any atom is 0.251 e. The van der Waals surface area contributed by atoms with E-state index in [1.54, 1.807) is 24.3 Å². The highest BCUT2D eigenvalue weighted by atomic mass is 35.5. The molecule has 3 rings (SSSR count). The second-order valence-electron chi connectivity index (χ2n) is 5.72. The molecule has 1 amide bonds. The van der Waals surface area contributed by atoms with Gasteiger partial charge in [0.15, 0.2) is 0 Å². The van der Waals surface area contributed by atoms with Crippen molar-refractivity contribution in [2.45, 2.75) is 30.3 Å². The second kappa shape index (κ2) is 6.93. The molecule has 0 heterocycles. The Morgan fingerprint density at radius 3 is 2.25 bits per heavy atom. The maximum atomic E-state index is 12.3. The van der Waals surface area contributed by atoms with Gasteiger partial charge < -0.3 is 5.32 Å². The smallest absolute Gasteiger partial charge is 0.251 e. The minimum absolute atomic E-state index is 0.124. The van der Waals surface area contributed by atoms with E-state index in [1.165, 1.54) is 24.3 Å². The molecular weight excluding hydrogens is 348 g/mol. The van der Waals surface area contributed by atoms with Crippen molar-refractivity contribution in [1.82, 2.24) is 10.0 Å². The summed E-state index contributed by atoms with van der Waals surface area (Å²) in [5.41, 5.74) is 1.27. The van der Waals surface area contributed by atoms with Gasteiger partial charge in [0.1, 0.15) is 0 Å². The van der Waals surface area contributed by atoms with Crippen LogP contribution in [0.25, 0.3) is 0 Å². The Labute approximate surface area is 146 Å². The van der Waals surface area contributed by atoms with Crippen molar-refractivity contribution in [2.75, 3.05) is 0 Å². The van der Waals surface area contributed by atoms with E-state index in [-0.39, 0.29) is 23.4 Å². The van der Waals surface area contributed by atoms with E-state index >= 15 is 0 Å². The molecule has 2 aromatic rings. The Balaban J connectivity index is 1.65. The third-order valence-corrected chi connectivity index (χ3v) is 5.39. The largest absolute Gasteiger partial charge is 0.349 e. The van der Waals surface area contributed by atoms with Crippen LogP contribution in [-0.4, -0.2) is 20.4 Å². The van der Waals surface area contributed by atoms with Crippen LogP contribution in [0.2, 0.25) is 5.02 Å². The number of hydrogen-bond donors (Lipinski definition) is 2. The van der Waals surface area contributed by atoms with Gasteiger partial charge in [-0.1, -0.05) is 23.7 Å². The molecule has 1 saturated carbocycles. The van der Waals surface area contributed by atoms with Crippen LogP contribution in [0.5, 0.6) is 0 Å². The molecule has 2 aromatic carbocycles. The lowest BCUT2D eigenvalue weighted by atomic mass is 10.2. The zero-order chi connectivity index (χ0) is 17.2. The molecule has 0 spiro atoms. The van der Waals surface area contributed by atoms with Crippen molar-refractivity contribution in [2.24, 2.45) is 0 Å². The predicted molar refractivity (Wildman–Crippen MR) is 92.4 cm³/mol. The van der Waals surface area contributed by atoms with Gasteiger partial charge in [-0.15, -0.1) is 0 Å². The first-order chi connectivity index (χ1) is 11.4. The first-order valence-corrected chi connectivity index (χ1v) is 9.45. The lowest BCUT2D eigenvalue weighted by molar-refractivity contribution is 0.0951. The summed E-state index contributed by atoms with van der Waals surface area (Å²) in [6.45, 7) is 0.170. The fourth-order valence-electron chi connectivity index (χ4n) is 2.15. The quantitative estimate of drug-likeness (QED) is 0.827.